The van der Waals surface area contributed by atoms with Gasteiger partial charge < -0.3 is 20.5 Å². The summed E-state index contributed by atoms with van der Waals surface area (Å²) in [5.74, 6) is -1.13. The van der Waals surface area contributed by atoms with Crippen LogP contribution < -0.4 is 10.6 Å². The molecule has 1 aromatic carbocycles. The number of aliphatic hydroxyl groups excluding tert-OH is 1. The molecule has 0 aliphatic rings. The highest BCUT2D eigenvalue weighted by Gasteiger charge is 2.13. The molecule has 0 radical (unpaired) electrons. The van der Waals surface area contributed by atoms with Crippen LogP contribution in [0.15, 0.2) is 30.0 Å². The van der Waals surface area contributed by atoms with Crippen molar-refractivity contribution in [3.05, 3.63) is 41.1 Å². The highest BCUT2D eigenvalue weighted by atomic mass is 16.5. The highest BCUT2D eigenvalue weighted by molar-refractivity contribution is 6.01. The van der Waals surface area contributed by atoms with Crippen molar-refractivity contribution < 1.29 is 19.4 Å². The van der Waals surface area contributed by atoms with Gasteiger partial charge >= 0.3 is 5.97 Å². The second-order valence-corrected chi connectivity index (χ2v) is 4.50. The molecule has 0 atom stereocenters. The predicted molar refractivity (Wildman–Crippen MR) is 79.7 cm³/mol. The smallest absolute Gasteiger partial charge is 0.332 e. The number of amides is 1. The molecule has 1 amide bonds. The molecule has 0 saturated carbocycles. The maximum atomic E-state index is 12.0. The zero-order valence-corrected chi connectivity index (χ0v) is 12.4. The maximum Gasteiger partial charge on any atom is 0.332 e. The van der Waals surface area contributed by atoms with Crippen LogP contribution in [-0.2, 0) is 14.3 Å². The minimum absolute atomic E-state index is 0.0593. The summed E-state index contributed by atoms with van der Waals surface area (Å²) >= 11 is 0. The Balaban J connectivity index is 3.01. The number of hydrogen-bond donors (Lipinski definition) is 3. The van der Waals surface area contributed by atoms with E-state index >= 15 is 0 Å². The van der Waals surface area contributed by atoms with E-state index in [1.807, 2.05) is 32.0 Å². The fourth-order valence-corrected chi connectivity index (χ4v) is 1.62. The lowest BCUT2D eigenvalue weighted by Crippen LogP contribution is -2.31. The molecule has 0 unspecified atom stereocenters. The highest BCUT2D eigenvalue weighted by Crippen LogP contribution is 2.18. The third-order valence-corrected chi connectivity index (χ3v) is 2.77. The molecule has 6 heteroatoms. The van der Waals surface area contributed by atoms with Crippen LogP contribution in [0, 0.1) is 13.8 Å². The summed E-state index contributed by atoms with van der Waals surface area (Å²) in [7, 11) is 1.24. The Morgan fingerprint density at radius 1 is 1.33 bits per heavy atom. The van der Waals surface area contributed by atoms with Gasteiger partial charge in [0.25, 0.3) is 5.91 Å². The number of aryl methyl sites for hydroxylation is 2. The largest absolute Gasteiger partial charge is 0.466 e. The first-order valence-electron chi connectivity index (χ1n) is 6.51. The number of benzene rings is 1. The lowest BCUT2D eigenvalue weighted by molar-refractivity contribution is -0.135. The quantitative estimate of drug-likeness (QED) is 0.535. The van der Waals surface area contributed by atoms with Gasteiger partial charge in [0.15, 0.2) is 0 Å². The first-order valence-corrected chi connectivity index (χ1v) is 6.51. The van der Waals surface area contributed by atoms with Gasteiger partial charge in [0, 0.05) is 12.2 Å². The maximum absolute atomic E-state index is 12.0. The van der Waals surface area contributed by atoms with Gasteiger partial charge in [-0.1, -0.05) is 12.1 Å². The van der Waals surface area contributed by atoms with Crippen molar-refractivity contribution >= 4 is 17.6 Å². The number of carbonyl (C=O) groups excluding carboxylic acids is 2. The van der Waals surface area contributed by atoms with Crippen molar-refractivity contribution in [2.24, 2.45) is 0 Å². The molecule has 0 bridgehead atoms. The molecule has 0 aliphatic carbocycles. The minimum atomic E-state index is -0.637. The van der Waals surface area contributed by atoms with E-state index in [1.165, 1.54) is 7.11 Å². The molecular formula is C15H20N2O4. The van der Waals surface area contributed by atoms with Crippen LogP contribution in [0.4, 0.5) is 5.69 Å². The molecule has 0 aromatic heterocycles. The van der Waals surface area contributed by atoms with Crippen molar-refractivity contribution in [3.8, 4) is 0 Å². The lowest BCUT2D eigenvalue weighted by Gasteiger charge is -2.13. The number of carbonyl (C=O) groups is 2. The first kappa shape index (κ1) is 16.7. The van der Waals surface area contributed by atoms with Crippen molar-refractivity contribution in [1.82, 2.24) is 5.32 Å². The fraction of sp³-hybridized carbons (Fsp3) is 0.333. The monoisotopic (exact) mass is 292 g/mol. The summed E-state index contributed by atoms with van der Waals surface area (Å²) in [5, 5.41) is 14.2. The molecule has 114 valence electrons. The van der Waals surface area contributed by atoms with Gasteiger partial charge in [-0.25, -0.2) is 4.79 Å². The molecule has 0 fully saturated rings. The van der Waals surface area contributed by atoms with Crippen LogP contribution in [-0.4, -0.2) is 37.2 Å². The summed E-state index contributed by atoms with van der Waals surface area (Å²) in [6.45, 7) is 3.75. The van der Waals surface area contributed by atoms with Gasteiger partial charge in [0.05, 0.1) is 19.8 Å². The van der Waals surface area contributed by atoms with Gasteiger partial charge in [0.1, 0.15) is 5.70 Å². The minimum Gasteiger partial charge on any atom is -0.466 e. The number of rotatable bonds is 6. The molecule has 1 aromatic rings. The van der Waals surface area contributed by atoms with E-state index in [0.717, 1.165) is 22.9 Å². The van der Waals surface area contributed by atoms with Gasteiger partial charge in [0.2, 0.25) is 0 Å². The number of methoxy groups -OCH3 is 1. The molecule has 0 heterocycles. The van der Waals surface area contributed by atoms with Crippen LogP contribution in [0.25, 0.3) is 0 Å². The molecule has 21 heavy (non-hydrogen) atoms. The Morgan fingerprint density at radius 3 is 2.67 bits per heavy atom. The molecule has 0 spiro atoms. The summed E-state index contributed by atoms with van der Waals surface area (Å²) < 4.78 is 4.54. The summed E-state index contributed by atoms with van der Waals surface area (Å²) in [6.07, 6.45) is 1.08. The second-order valence-electron chi connectivity index (χ2n) is 4.50. The van der Waals surface area contributed by atoms with Gasteiger partial charge in [-0.05, 0) is 31.0 Å². The fourth-order valence-electron chi connectivity index (χ4n) is 1.62. The number of esters is 1. The second kappa shape index (κ2) is 8.06. The van der Waals surface area contributed by atoms with E-state index < -0.39 is 11.9 Å². The van der Waals surface area contributed by atoms with E-state index in [1.54, 1.807) is 0 Å². The zero-order valence-electron chi connectivity index (χ0n) is 12.4. The lowest BCUT2D eigenvalue weighted by atomic mass is 10.1. The van der Waals surface area contributed by atoms with Crippen LogP contribution >= 0.6 is 0 Å². The summed E-state index contributed by atoms with van der Waals surface area (Å²) in [4.78, 5) is 23.4. The van der Waals surface area contributed by atoms with E-state index in [9.17, 15) is 9.59 Å². The third-order valence-electron chi connectivity index (χ3n) is 2.77. The van der Waals surface area contributed by atoms with E-state index in [0.29, 0.717) is 0 Å². The van der Waals surface area contributed by atoms with E-state index in [2.05, 4.69) is 15.4 Å². The summed E-state index contributed by atoms with van der Waals surface area (Å²) in [6, 6.07) is 5.74. The van der Waals surface area contributed by atoms with Gasteiger partial charge in [-0.2, -0.15) is 0 Å². The number of nitrogens with one attached hydrogen (secondary N) is 2. The molecule has 3 N–H and O–H groups in total. The predicted octanol–water partition coefficient (Wildman–Crippen LogP) is 0.881. The van der Waals surface area contributed by atoms with Gasteiger partial charge in [-0.3, -0.25) is 4.79 Å². The van der Waals surface area contributed by atoms with Crippen LogP contribution in [0.5, 0.6) is 0 Å². The zero-order chi connectivity index (χ0) is 15.8. The van der Waals surface area contributed by atoms with Crippen LogP contribution in [0.3, 0.4) is 0 Å². The Kier molecular flexibility index (Phi) is 6.42. The summed E-state index contributed by atoms with van der Waals surface area (Å²) in [5.41, 5.74) is 2.75. The van der Waals surface area contributed by atoms with Crippen LogP contribution in [0.2, 0.25) is 0 Å². The van der Waals surface area contributed by atoms with E-state index in [-0.39, 0.29) is 18.8 Å². The number of ether oxygens (including phenoxy) is 1. The van der Waals surface area contributed by atoms with Crippen molar-refractivity contribution in [2.75, 3.05) is 25.6 Å². The Bertz CT molecular complexity index is 553. The number of aliphatic hydroxyl groups is 1. The average Bonchev–Trinajstić information content (AvgIpc) is 2.47. The van der Waals surface area contributed by atoms with Crippen molar-refractivity contribution in [1.29, 1.82) is 0 Å². The van der Waals surface area contributed by atoms with Crippen molar-refractivity contribution in [3.63, 3.8) is 0 Å². The third kappa shape index (κ3) is 5.27. The first-order chi connectivity index (χ1) is 9.97. The molecule has 0 aliphatic heterocycles. The normalized spacial score (nSPS) is 11.0. The molecular weight excluding hydrogens is 272 g/mol. The topological polar surface area (TPSA) is 87.7 Å². The molecule has 1 rings (SSSR count). The number of hydrogen-bond acceptors (Lipinski definition) is 5. The Labute approximate surface area is 123 Å². The average molecular weight is 292 g/mol. The SMILES string of the molecule is COC(=O)/C=C(\Nc1cc(C)ccc1C)C(=O)NCCO. The Hall–Kier alpha value is -2.34. The van der Waals surface area contributed by atoms with E-state index in [4.69, 9.17) is 5.11 Å². The van der Waals surface area contributed by atoms with Crippen molar-refractivity contribution in [2.45, 2.75) is 13.8 Å². The van der Waals surface area contributed by atoms with Crippen LogP contribution in [0.1, 0.15) is 11.1 Å². The number of anilines is 1. The molecule has 6 nitrogen and oxygen atoms in total. The van der Waals surface area contributed by atoms with Gasteiger partial charge in [-0.15, -0.1) is 0 Å². The standard InChI is InChI=1S/C15H20N2O4/c1-10-4-5-11(2)12(8-10)17-13(9-14(19)21-3)15(20)16-6-7-18/h4-5,8-9,17-18H,6-7H2,1-3H3,(H,16,20)/b13-9-. The Morgan fingerprint density at radius 2 is 2.05 bits per heavy atom. The molecule has 0 saturated heterocycles.